The van der Waals surface area contributed by atoms with E-state index in [-0.39, 0.29) is 35.1 Å². The summed E-state index contributed by atoms with van der Waals surface area (Å²) in [6, 6.07) is 21.6. The van der Waals surface area contributed by atoms with Gasteiger partial charge in [0, 0.05) is 24.5 Å². The molecule has 2 amide bonds. The molecular formula is C37H51FN4O5S. The number of rotatable bonds is 18. The summed E-state index contributed by atoms with van der Waals surface area (Å²) in [5.74, 6) is -1.09. The van der Waals surface area contributed by atoms with Gasteiger partial charge >= 0.3 is 6.09 Å². The Hall–Kier alpha value is -3.80. The van der Waals surface area contributed by atoms with Crippen molar-refractivity contribution in [1.29, 1.82) is 0 Å². The van der Waals surface area contributed by atoms with E-state index in [1.807, 2.05) is 74.5 Å². The number of carbonyl (C=O) groups is 2. The molecule has 262 valence electrons. The van der Waals surface area contributed by atoms with Crippen molar-refractivity contribution in [3.05, 3.63) is 95.8 Å². The van der Waals surface area contributed by atoms with Gasteiger partial charge < -0.3 is 26.2 Å². The van der Waals surface area contributed by atoms with Crippen LogP contribution in [0.3, 0.4) is 0 Å². The minimum Gasteiger partial charge on any atom is -0.453 e. The van der Waals surface area contributed by atoms with Crippen LogP contribution in [-0.2, 0) is 20.5 Å². The first-order chi connectivity index (χ1) is 23.0. The maximum absolute atomic E-state index is 14.3. The van der Waals surface area contributed by atoms with E-state index in [2.05, 4.69) is 24.5 Å². The quantitative estimate of drug-likeness (QED) is 0.122. The molecule has 0 aliphatic rings. The molecule has 48 heavy (non-hydrogen) atoms. The molecule has 0 heterocycles. The van der Waals surface area contributed by atoms with Crippen molar-refractivity contribution in [1.82, 2.24) is 14.9 Å². The molecule has 0 bridgehead atoms. The summed E-state index contributed by atoms with van der Waals surface area (Å²) in [6.45, 7) is 8.38. The van der Waals surface area contributed by atoms with E-state index in [1.54, 1.807) is 10.4 Å². The van der Waals surface area contributed by atoms with Gasteiger partial charge in [0.25, 0.3) is 0 Å². The van der Waals surface area contributed by atoms with Gasteiger partial charge in [-0.2, -0.15) is 0 Å². The number of nitrogens with one attached hydrogen (secondary N) is 2. The number of methoxy groups -OCH3 is 1. The van der Waals surface area contributed by atoms with Gasteiger partial charge in [0.05, 0.1) is 24.3 Å². The van der Waals surface area contributed by atoms with Crippen LogP contribution < -0.4 is 16.4 Å². The fourth-order valence-corrected chi connectivity index (χ4v) is 7.04. The first-order valence-corrected chi connectivity index (χ1v) is 17.7. The number of halogens is 1. The largest absolute Gasteiger partial charge is 0.453 e. The van der Waals surface area contributed by atoms with Gasteiger partial charge in [-0.1, -0.05) is 88.4 Å². The lowest BCUT2D eigenvalue weighted by atomic mass is 9.84. The Morgan fingerprint density at radius 2 is 1.52 bits per heavy atom. The van der Waals surface area contributed by atoms with Crippen LogP contribution >= 0.6 is 0 Å². The highest BCUT2D eigenvalue weighted by atomic mass is 32.2. The zero-order valence-electron chi connectivity index (χ0n) is 28.6. The number of anilines is 1. The average Bonchev–Trinajstić information content (AvgIpc) is 3.08. The molecule has 0 radical (unpaired) electrons. The monoisotopic (exact) mass is 682 g/mol. The molecule has 4 unspecified atom stereocenters. The summed E-state index contributed by atoms with van der Waals surface area (Å²) in [7, 11) is -0.453. The zero-order chi connectivity index (χ0) is 35.2. The Morgan fingerprint density at radius 1 is 0.917 bits per heavy atom. The second-order valence-electron chi connectivity index (χ2n) is 12.8. The van der Waals surface area contributed by atoms with Crippen molar-refractivity contribution < 1.29 is 28.0 Å². The van der Waals surface area contributed by atoms with E-state index in [4.69, 9.17) is 10.5 Å². The van der Waals surface area contributed by atoms with Crippen molar-refractivity contribution in [3.63, 3.8) is 0 Å². The topological polar surface area (TPSA) is 134 Å². The maximum atomic E-state index is 14.3. The van der Waals surface area contributed by atoms with E-state index >= 15 is 0 Å². The van der Waals surface area contributed by atoms with Crippen molar-refractivity contribution in [2.45, 2.75) is 82.3 Å². The normalized spacial score (nSPS) is 14.1. The lowest BCUT2D eigenvalue weighted by Crippen LogP contribution is -2.53. The Balaban J connectivity index is 1.81. The third-order valence-corrected chi connectivity index (χ3v) is 10.1. The molecule has 0 aliphatic carbocycles. The molecule has 4 atom stereocenters. The number of nitrogens with two attached hydrogens (primary N) is 1. The van der Waals surface area contributed by atoms with E-state index in [9.17, 15) is 23.3 Å². The summed E-state index contributed by atoms with van der Waals surface area (Å²) in [5, 5.41) is 16.4. The SMILES string of the molecule is COC(=O)NC(C(=O)NC(CCCC(CO)N(CCC(C)C)S(=O)c1ccc(N)c(F)c1)C(C)C)C(c1ccccc1)c1ccccc1. The van der Waals surface area contributed by atoms with Crippen molar-refractivity contribution >= 4 is 28.7 Å². The molecule has 0 aromatic heterocycles. The minimum atomic E-state index is -1.72. The molecule has 9 nitrogen and oxygen atoms in total. The molecule has 5 N–H and O–H groups in total. The second-order valence-corrected chi connectivity index (χ2v) is 14.2. The van der Waals surface area contributed by atoms with Crippen LogP contribution in [0.1, 0.15) is 70.4 Å². The van der Waals surface area contributed by atoms with Gasteiger partial charge in [0.15, 0.2) is 0 Å². The predicted octanol–water partition coefficient (Wildman–Crippen LogP) is 6.01. The molecule has 0 spiro atoms. The highest BCUT2D eigenvalue weighted by Crippen LogP contribution is 2.29. The molecule has 0 fully saturated rings. The molecule has 0 saturated heterocycles. The third kappa shape index (κ3) is 11.1. The van der Waals surface area contributed by atoms with Gasteiger partial charge in [-0.25, -0.2) is 17.7 Å². The molecular weight excluding hydrogens is 631 g/mol. The number of nitrogen functional groups attached to an aromatic ring is 1. The van der Waals surface area contributed by atoms with Gasteiger partial charge in [-0.3, -0.25) is 4.79 Å². The summed E-state index contributed by atoms with van der Waals surface area (Å²) >= 11 is 0. The number of aliphatic hydroxyl groups is 1. The summed E-state index contributed by atoms with van der Waals surface area (Å²) < 4.78 is 34.6. The number of carbonyl (C=O) groups excluding carboxylic acids is 2. The number of hydrogen-bond donors (Lipinski definition) is 4. The third-order valence-electron chi connectivity index (χ3n) is 8.51. The summed E-state index contributed by atoms with van der Waals surface area (Å²) in [4.78, 5) is 26.9. The van der Waals surface area contributed by atoms with Crippen LogP contribution in [0.2, 0.25) is 0 Å². The fraction of sp³-hybridized carbons (Fsp3) is 0.459. The number of alkyl carbamates (subject to hydrolysis) is 1. The number of nitrogens with zero attached hydrogens (tertiary/aromatic N) is 1. The van der Waals surface area contributed by atoms with Crippen molar-refractivity contribution in [2.24, 2.45) is 11.8 Å². The fourth-order valence-electron chi connectivity index (χ4n) is 5.67. The minimum absolute atomic E-state index is 0.0205. The predicted molar refractivity (Wildman–Crippen MR) is 189 cm³/mol. The van der Waals surface area contributed by atoms with Crippen LogP contribution in [0.25, 0.3) is 0 Å². The zero-order valence-corrected chi connectivity index (χ0v) is 29.4. The Morgan fingerprint density at radius 3 is 2.02 bits per heavy atom. The number of benzene rings is 3. The first kappa shape index (κ1) is 38.6. The lowest BCUT2D eigenvalue weighted by molar-refractivity contribution is -0.124. The molecule has 3 rings (SSSR count). The van der Waals surface area contributed by atoms with E-state index in [1.165, 1.54) is 19.2 Å². The highest BCUT2D eigenvalue weighted by molar-refractivity contribution is 7.82. The van der Waals surface area contributed by atoms with Gasteiger partial charge in [0.2, 0.25) is 5.91 Å². The van der Waals surface area contributed by atoms with Crippen LogP contribution in [0.5, 0.6) is 0 Å². The van der Waals surface area contributed by atoms with Gasteiger partial charge in [-0.05, 0) is 66.8 Å². The molecule has 0 saturated carbocycles. The van der Waals surface area contributed by atoms with Gasteiger partial charge in [-0.15, -0.1) is 0 Å². The second kappa shape index (κ2) is 19.3. The Kier molecular flexibility index (Phi) is 15.5. The number of amides is 2. The molecule has 3 aromatic carbocycles. The number of ether oxygens (including phenoxy) is 1. The standard InChI is InChI=1S/C37H51FN4O5S/c1-25(2)21-22-42(48(46)30-19-20-32(39)31(38)23-30)29(24-43)17-12-18-33(26(3)4)40-36(44)35(41-37(45)47-5)34(27-13-8-6-9-14-27)28-15-10-7-11-16-28/h6-11,13-16,19-20,23,25-26,29,33-35,43H,12,17-18,21-22,24,39H2,1-5H3,(H,40,44)(H,41,45). The van der Waals surface area contributed by atoms with E-state index < -0.39 is 40.9 Å². The van der Waals surface area contributed by atoms with Crippen LogP contribution in [-0.4, -0.2) is 64.0 Å². The highest BCUT2D eigenvalue weighted by Gasteiger charge is 2.34. The van der Waals surface area contributed by atoms with Crippen LogP contribution in [0.15, 0.2) is 83.8 Å². The van der Waals surface area contributed by atoms with Gasteiger partial charge in [0.1, 0.15) is 22.8 Å². The first-order valence-electron chi connectivity index (χ1n) is 16.6. The molecule has 3 aromatic rings. The van der Waals surface area contributed by atoms with Crippen LogP contribution in [0.4, 0.5) is 14.9 Å². The van der Waals surface area contributed by atoms with Crippen molar-refractivity contribution in [2.75, 3.05) is 26.0 Å². The van der Waals surface area contributed by atoms with E-state index in [0.29, 0.717) is 31.7 Å². The van der Waals surface area contributed by atoms with Crippen molar-refractivity contribution in [3.8, 4) is 0 Å². The number of hydrogen-bond acceptors (Lipinski definition) is 6. The lowest BCUT2D eigenvalue weighted by Gasteiger charge is -2.32. The maximum Gasteiger partial charge on any atom is 0.407 e. The van der Waals surface area contributed by atoms with Crippen LogP contribution in [0, 0.1) is 17.7 Å². The Labute approximate surface area is 287 Å². The number of aliphatic hydroxyl groups excluding tert-OH is 1. The molecule has 0 aliphatic heterocycles. The summed E-state index contributed by atoms with van der Waals surface area (Å²) in [5.41, 5.74) is 7.35. The Bertz CT molecular complexity index is 1420. The van der Waals surface area contributed by atoms with E-state index in [0.717, 1.165) is 17.5 Å². The summed E-state index contributed by atoms with van der Waals surface area (Å²) in [6.07, 6.45) is 1.71. The molecule has 11 heteroatoms. The average molecular weight is 683 g/mol. The smallest absolute Gasteiger partial charge is 0.407 e.